The fourth-order valence-corrected chi connectivity index (χ4v) is 4.62. The van der Waals surface area contributed by atoms with Gasteiger partial charge in [-0.2, -0.15) is 0 Å². The van der Waals surface area contributed by atoms with E-state index in [0.717, 1.165) is 11.3 Å². The van der Waals surface area contributed by atoms with Crippen LogP contribution in [0.1, 0.15) is 18.2 Å². The molecule has 8 nitrogen and oxygen atoms in total. The van der Waals surface area contributed by atoms with Crippen LogP contribution in [0.15, 0.2) is 85.1 Å². The maximum atomic E-state index is 13.1. The number of para-hydroxylation sites is 1. The molecule has 2 heterocycles. The van der Waals surface area contributed by atoms with Crippen LogP contribution in [0.25, 0.3) is 6.08 Å². The number of piperazine rings is 1. The Labute approximate surface area is 233 Å². The van der Waals surface area contributed by atoms with Gasteiger partial charge in [-0.25, -0.2) is 0 Å². The number of aromatic nitrogens is 1. The highest BCUT2D eigenvalue weighted by Gasteiger charge is 2.28. The van der Waals surface area contributed by atoms with Crippen molar-refractivity contribution in [1.29, 1.82) is 0 Å². The van der Waals surface area contributed by atoms with Crippen molar-refractivity contribution in [3.05, 3.63) is 101 Å². The average molecular weight is 546 g/mol. The van der Waals surface area contributed by atoms with E-state index in [1.807, 2.05) is 31.2 Å². The van der Waals surface area contributed by atoms with E-state index in [1.54, 1.807) is 53.6 Å². The van der Waals surface area contributed by atoms with Gasteiger partial charge in [0.1, 0.15) is 6.04 Å². The van der Waals surface area contributed by atoms with Gasteiger partial charge in [-0.05, 0) is 55.0 Å². The second-order valence-corrected chi connectivity index (χ2v) is 9.84. The molecule has 39 heavy (non-hydrogen) atoms. The predicted octanol–water partition coefficient (Wildman–Crippen LogP) is 3.33. The smallest absolute Gasteiger partial charge is 0.244 e. The molecule has 2 N–H and O–H groups in total. The number of hydrogen-bond donors (Lipinski definition) is 2. The minimum atomic E-state index is -0.901. The van der Waals surface area contributed by atoms with Crippen LogP contribution in [-0.2, 0) is 20.8 Å². The molecule has 0 bridgehead atoms. The van der Waals surface area contributed by atoms with E-state index >= 15 is 0 Å². The first-order valence-electron chi connectivity index (χ1n) is 12.9. The van der Waals surface area contributed by atoms with E-state index in [9.17, 15) is 14.4 Å². The first-order valence-corrected chi connectivity index (χ1v) is 13.3. The molecule has 1 aromatic heterocycles. The summed E-state index contributed by atoms with van der Waals surface area (Å²) in [5.74, 6) is -1.04. The van der Waals surface area contributed by atoms with Crippen molar-refractivity contribution in [3.8, 4) is 0 Å². The summed E-state index contributed by atoms with van der Waals surface area (Å²) in [6, 6.07) is 21.6. The number of rotatable bonds is 9. The van der Waals surface area contributed by atoms with Gasteiger partial charge < -0.3 is 20.4 Å². The molecule has 9 heteroatoms. The molecule has 1 fully saturated rings. The largest absolute Gasteiger partial charge is 0.368 e. The Bertz CT molecular complexity index is 1280. The van der Waals surface area contributed by atoms with Crippen molar-refractivity contribution < 1.29 is 14.4 Å². The van der Waals surface area contributed by atoms with Gasteiger partial charge >= 0.3 is 0 Å². The number of hydrogen-bond acceptors (Lipinski definition) is 5. The number of anilines is 1. The molecule has 1 aliphatic rings. The maximum absolute atomic E-state index is 13.1. The minimum Gasteiger partial charge on any atom is -0.368 e. The molecular formula is C30H32ClN5O3. The third-order valence-corrected chi connectivity index (χ3v) is 6.80. The van der Waals surface area contributed by atoms with Crippen LogP contribution in [0, 0.1) is 0 Å². The zero-order valence-electron chi connectivity index (χ0n) is 21.8. The molecule has 1 aliphatic heterocycles. The molecule has 2 aromatic carbocycles. The summed E-state index contributed by atoms with van der Waals surface area (Å²) in [6.07, 6.45) is 4.82. The van der Waals surface area contributed by atoms with Crippen molar-refractivity contribution in [3.63, 3.8) is 0 Å². The second-order valence-electron chi connectivity index (χ2n) is 9.41. The summed E-state index contributed by atoms with van der Waals surface area (Å²) in [4.78, 5) is 47.1. The summed E-state index contributed by atoms with van der Waals surface area (Å²) in [6.45, 7) is 3.85. The Morgan fingerprint density at radius 1 is 1.03 bits per heavy atom. The van der Waals surface area contributed by atoms with Gasteiger partial charge in [-0.3, -0.25) is 19.4 Å². The number of carbonyl (C=O) groups is 3. The van der Waals surface area contributed by atoms with Crippen molar-refractivity contribution >= 4 is 41.1 Å². The fourth-order valence-electron chi connectivity index (χ4n) is 4.49. The van der Waals surface area contributed by atoms with Crippen LogP contribution in [0.4, 0.5) is 5.69 Å². The number of carbonyl (C=O) groups excluding carboxylic acids is 3. The molecule has 2 atom stereocenters. The number of benzene rings is 2. The normalized spacial score (nSPS) is 16.1. The van der Waals surface area contributed by atoms with E-state index in [2.05, 4.69) is 32.7 Å². The first-order chi connectivity index (χ1) is 18.9. The monoisotopic (exact) mass is 545 g/mol. The molecule has 0 spiro atoms. The van der Waals surface area contributed by atoms with Gasteiger partial charge in [0.05, 0.1) is 6.54 Å². The Kier molecular flexibility index (Phi) is 9.69. The molecule has 0 radical (unpaired) electrons. The molecule has 4 rings (SSSR count). The van der Waals surface area contributed by atoms with Crippen LogP contribution in [-0.4, -0.2) is 65.9 Å². The number of nitrogens with zero attached hydrogens (tertiary/aromatic N) is 3. The van der Waals surface area contributed by atoms with Crippen LogP contribution in [0.3, 0.4) is 0 Å². The highest BCUT2D eigenvalue weighted by molar-refractivity contribution is 6.30. The molecule has 3 aromatic rings. The Morgan fingerprint density at radius 3 is 2.46 bits per heavy atom. The topological polar surface area (TPSA) is 94.6 Å². The summed E-state index contributed by atoms with van der Waals surface area (Å²) in [5, 5.41) is 6.07. The molecule has 0 unspecified atom stereocenters. The summed E-state index contributed by atoms with van der Waals surface area (Å²) < 4.78 is 0. The molecular weight excluding hydrogens is 514 g/mol. The van der Waals surface area contributed by atoms with Gasteiger partial charge in [0.25, 0.3) is 0 Å². The molecule has 1 saturated heterocycles. The van der Waals surface area contributed by atoms with Crippen molar-refractivity contribution in [2.45, 2.75) is 25.4 Å². The van der Waals surface area contributed by atoms with E-state index in [0.29, 0.717) is 30.4 Å². The number of amides is 3. The van der Waals surface area contributed by atoms with E-state index < -0.39 is 17.9 Å². The summed E-state index contributed by atoms with van der Waals surface area (Å²) in [5.41, 5.74) is 2.58. The van der Waals surface area contributed by atoms with Crippen LogP contribution < -0.4 is 15.5 Å². The van der Waals surface area contributed by atoms with E-state index in [-0.39, 0.29) is 24.9 Å². The first kappa shape index (κ1) is 27.9. The zero-order valence-corrected chi connectivity index (χ0v) is 22.6. The molecule has 0 aliphatic carbocycles. The number of nitrogens with one attached hydrogen (secondary N) is 2. The van der Waals surface area contributed by atoms with Crippen molar-refractivity contribution in [2.75, 3.05) is 31.1 Å². The van der Waals surface area contributed by atoms with Gasteiger partial charge in [0.2, 0.25) is 17.7 Å². The molecule has 3 amide bonds. The molecule has 202 valence electrons. The SMILES string of the molecule is C[C@H]1CN(c2ccccc2)CCN1C(=O)CNC(=O)[C@H](Cc1ccccn1)NC(=O)/C=C/c1ccc(Cl)cc1. The quantitative estimate of drug-likeness (QED) is 0.402. The summed E-state index contributed by atoms with van der Waals surface area (Å²) >= 11 is 5.91. The van der Waals surface area contributed by atoms with E-state index in [1.165, 1.54) is 6.08 Å². The third-order valence-electron chi connectivity index (χ3n) is 6.55. The van der Waals surface area contributed by atoms with Gasteiger partial charge in [0, 0.05) is 60.8 Å². The average Bonchev–Trinajstić information content (AvgIpc) is 2.96. The lowest BCUT2D eigenvalue weighted by molar-refractivity contribution is -0.135. The minimum absolute atomic E-state index is 0.00891. The lowest BCUT2D eigenvalue weighted by atomic mass is 10.1. The highest BCUT2D eigenvalue weighted by Crippen LogP contribution is 2.18. The Balaban J connectivity index is 1.34. The molecule has 0 saturated carbocycles. The van der Waals surface area contributed by atoms with E-state index in [4.69, 9.17) is 11.6 Å². The lowest BCUT2D eigenvalue weighted by Crippen LogP contribution is -2.57. The van der Waals surface area contributed by atoms with Gasteiger partial charge in [0.15, 0.2) is 0 Å². The van der Waals surface area contributed by atoms with Gasteiger partial charge in [-0.1, -0.05) is 48.0 Å². The zero-order chi connectivity index (χ0) is 27.6. The van der Waals surface area contributed by atoms with Crippen LogP contribution in [0.2, 0.25) is 5.02 Å². The van der Waals surface area contributed by atoms with Crippen molar-refractivity contribution in [1.82, 2.24) is 20.5 Å². The third kappa shape index (κ3) is 8.15. The van der Waals surface area contributed by atoms with Crippen LogP contribution >= 0.6 is 11.6 Å². The van der Waals surface area contributed by atoms with Crippen LogP contribution in [0.5, 0.6) is 0 Å². The van der Waals surface area contributed by atoms with Gasteiger partial charge in [-0.15, -0.1) is 0 Å². The fraction of sp³-hybridized carbons (Fsp3) is 0.267. The maximum Gasteiger partial charge on any atom is 0.244 e. The summed E-state index contributed by atoms with van der Waals surface area (Å²) in [7, 11) is 0. The second kappa shape index (κ2) is 13.6. The Hall–Kier alpha value is -4.17. The number of pyridine rings is 1. The van der Waals surface area contributed by atoms with Crippen molar-refractivity contribution in [2.24, 2.45) is 0 Å². The number of halogens is 1. The predicted molar refractivity (Wildman–Crippen MR) is 153 cm³/mol. The lowest BCUT2D eigenvalue weighted by Gasteiger charge is -2.41. The Morgan fingerprint density at radius 2 is 1.77 bits per heavy atom. The highest BCUT2D eigenvalue weighted by atomic mass is 35.5. The standard InChI is InChI=1S/C30H32ClN5O3/c1-22-21-35(26-8-3-2-4-9-26)17-18-36(22)29(38)20-33-30(39)27(19-25-7-5-6-16-32-25)34-28(37)15-12-23-10-13-24(31)14-11-23/h2-16,22,27H,17-21H2,1H3,(H,33,39)(H,34,37)/b15-12+/t22-,27-/m0/s1.